The van der Waals surface area contributed by atoms with Crippen LogP contribution in [0.4, 0.5) is 0 Å². The van der Waals surface area contributed by atoms with E-state index in [2.05, 4.69) is 27.4 Å². The SMILES string of the molecule is CC1CCC(NC(=O)CSc2nnc(-c3cccnc3)n2-c2ccccc2)CC1. The van der Waals surface area contributed by atoms with E-state index in [1.807, 2.05) is 47.0 Å². The number of nitrogens with one attached hydrogen (secondary N) is 1. The van der Waals surface area contributed by atoms with E-state index in [1.54, 1.807) is 12.4 Å². The molecule has 1 fully saturated rings. The van der Waals surface area contributed by atoms with E-state index in [1.165, 1.54) is 24.6 Å². The van der Waals surface area contributed by atoms with Crippen LogP contribution in [0.15, 0.2) is 60.0 Å². The number of hydrogen-bond donors (Lipinski definition) is 1. The largest absolute Gasteiger partial charge is 0.353 e. The minimum atomic E-state index is 0.0556. The molecule has 6 nitrogen and oxygen atoms in total. The fraction of sp³-hybridized carbons (Fsp3) is 0.364. The number of para-hydroxylation sites is 1. The molecule has 3 aromatic rings. The average Bonchev–Trinajstić information content (AvgIpc) is 3.19. The van der Waals surface area contributed by atoms with Crippen LogP contribution in [0.3, 0.4) is 0 Å². The number of carbonyl (C=O) groups is 1. The van der Waals surface area contributed by atoms with Gasteiger partial charge in [-0.1, -0.05) is 36.9 Å². The fourth-order valence-electron chi connectivity index (χ4n) is 3.66. The maximum Gasteiger partial charge on any atom is 0.230 e. The molecule has 4 rings (SSSR count). The molecule has 2 aromatic heterocycles. The van der Waals surface area contributed by atoms with Crippen molar-refractivity contribution >= 4 is 17.7 Å². The van der Waals surface area contributed by atoms with Crippen molar-refractivity contribution in [3.05, 3.63) is 54.9 Å². The Balaban J connectivity index is 1.50. The van der Waals surface area contributed by atoms with E-state index < -0.39 is 0 Å². The summed E-state index contributed by atoms with van der Waals surface area (Å²) >= 11 is 1.41. The predicted molar refractivity (Wildman–Crippen MR) is 115 cm³/mol. The highest BCUT2D eigenvalue weighted by molar-refractivity contribution is 7.99. The smallest absolute Gasteiger partial charge is 0.230 e. The maximum atomic E-state index is 12.5. The molecule has 0 aliphatic heterocycles. The highest BCUT2D eigenvalue weighted by Gasteiger charge is 2.21. The first-order chi connectivity index (χ1) is 14.2. The van der Waals surface area contributed by atoms with Crippen molar-refractivity contribution in [1.82, 2.24) is 25.1 Å². The zero-order valence-electron chi connectivity index (χ0n) is 16.5. The molecule has 1 N–H and O–H groups in total. The second-order valence-electron chi connectivity index (χ2n) is 7.53. The Morgan fingerprint density at radius 1 is 1.10 bits per heavy atom. The molecule has 0 saturated heterocycles. The molecular formula is C22H25N5OS. The van der Waals surface area contributed by atoms with Gasteiger partial charge in [-0.3, -0.25) is 14.3 Å². The molecule has 7 heteroatoms. The number of rotatable bonds is 6. The lowest BCUT2D eigenvalue weighted by atomic mass is 9.87. The Hall–Kier alpha value is -2.67. The summed E-state index contributed by atoms with van der Waals surface area (Å²) in [6.07, 6.45) is 8.03. The van der Waals surface area contributed by atoms with Crippen LogP contribution in [-0.4, -0.2) is 37.5 Å². The highest BCUT2D eigenvalue weighted by Crippen LogP contribution is 2.28. The van der Waals surface area contributed by atoms with E-state index in [9.17, 15) is 4.79 Å². The van der Waals surface area contributed by atoms with Crippen LogP contribution in [0.1, 0.15) is 32.6 Å². The van der Waals surface area contributed by atoms with Gasteiger partial charge in [0.2, 0.25) is 5.91 Å². The second kappa shape index (κ2) is 9.22. The summed E-state index contributed by atoms with van der Waals surface area (Å²) in [6.45, 7) is 2.28. The molecule has 1 aliphatic carbocycles. The lowest BCUT2D eigenvalue weighted by molar-refractivity contribution is -0.119. The summed E-state index contributed by atoms with van der Waals surface area (Å²) in [5, 5.41) is 12.6. The van der Waals surface area contributed by atoms with Gasteiger partial charge in [-0.25, -0.2) is 0 Å². The van der Waals surface area contributed by atoms with Gasteiger partial charge in [-0.05, 0) is 55.9 Å². The monoisotopic (exact) mass is 407 g/mol. The molecule has 1 aliphatic rings. The van der Waals surface area contributed by atoms with Crippen LogP contribution in [0.2, 0.25) is 0 Å². The molecule has 0 spiro atoms. The summed E-state index contributed by atoms with van der Waals surface area (Å²) in [7, 11) is 0. The van der Waals surface area contributed by atoms with E-state index in [0.29, 0.717) is 22.8 Å². The molecule has 1 aromatic carbocycles. The van der Waals surface area contributed by atoms with E-state index in [-0.39, 0.29) is 5.91 Å². The van der Waals surface area contributed by atoms with Gasteiger partial charge in [0.15, 0.2) is 11.0 Å². The van der Waals surface area contributed by atoms with Crippen molar-refractivity contribution in [3.63, 3.8) is 0 Å². The number of thioether (sulfide) groups is 1. The Bertz CT molecular complexity index is 936. The first kappa shape index (κ1) is 19.6. The molecule has 29 heavy (non-hydrogen) atoms. The standard InChI is InChI=1S/C22H25N5OS/c1-16-9-11-18(12-10-16)24-20(28)15-29-22-26-25-21(17-6-5-13-23-14-17)27(22)19-7-3-2-4-8-19/h2-8,13-14,16,18H,9-12,15H2,1H3,(H,24,28). The third kappa shape index (κ3) is 4.85. The van der Waals surface area contributed by atoms with Gasteiger partial charge in [-0.2, -0.15) is 0 Å². The molecule has 0 bridgehead atoms. The molecule has 0 atom stereocenters. The summed E-state index contributed by atoms with van der Waals surface area (Å²) in [5.41, 5.74) is 1.84. The zero-order chi connectivity index (χ0) is 20.1. The zero-order valence-corrected chi connectivity index (χ0v) is 17.3. The van der Waals surface area contributed by atoms with Crippen molar-refractivity contribution in [2.24, 2.45) is 5.92 Å². The second-order valence-corrected chi connectivity index (χ2v) is 8.47. The van der Waals surface area contributed by atoms with Gasteiger partial charge in [-0.15, -0.1) is 10.2 Å². The predicted octanol–water partition coefficient (Wildman–Crippen LogP) is 4.12. The van der Waals surface area contributed by atoms with Crippen LogP contribution >= 0.6 is 11.8 Å². The summed E-state index contributed by atoms with van der Waals surface area (Å²) in [5.74, 6) is 1.87. The molecule has 1 saturated carbocycles. The minimum Gasteiger partial charge on any atom is -0.353 e. The van der Waals surface area contributed by atoms with E-state index >= 15 is 0 Å². The molecule has 0 unspecified atom stereocenters. The number of pyridine rings is 1. The van der Waals surface area contributed by atoms with Gasteiger partial charge < -0.3 is 5.32 Å². The maximum absolute atomic E-state index is 12.5. The number of carbonyl (C=O) groups excluding carboxylic acids is 1. The van der Waals surface area contributed by atoms with Crippen molar-refractivity contribution < 1.29 is 4.79 Å². The third-order valence-corrected chi connectivity index (χ3v) is 6.21. The Morgan fingerprint density at radius 3 is 2.62 bits per heavy atom. The van der Waals surface area contributed by atoms with Gasteiger partial charge in [0.05, 0.1) is 5.75 Å². The Morgan fingerprint density at radius 2 is 1.90 bits per heavy atom. The van der Waals surface area contributed by atoms with Gasteiger partial charge in [0, 0.05) is 29.7 Å². The summed E-state index contributed by atoms with van der Waals surface area (Å²) in [4.78, 5) is 16.7. The fourth-order valence-corrected chi connectivity index (χ4v) is 4.42. The third-order valence-electron chi connectivity index (χ3n) is 5.28. The molecule has 2 heterocycles. The normalized spacial score (nSPS) is 19.1. The van der Waals surface area contributed by atoms with Gasteiger partial charge in [0.1, 0.15) is 0 Å². The number of benzene rings is 1. The molecule has 1 amide bonds. The number of aromatic nitrogens is 4. The van der Waals surface area contributed by atoms with Gasteiger partial charge in [0.25, 0.3) is 0 Å². The Kier molecular flexibility index (Phi) is 6.24. The first-order valence-electron chi connectivity index (χ1n) is 10.0. The van der Waals surface area contributed by atoms with Crippen LogP contribution in [-0.2, 0) is 4.79 Å². The van der Waals surface area contributed by atoms with Crippen LogP contribution in [0.5, 0.6) is 0 Å². The minimum absolute atomic E-state index is 0.0556. The first-order valence-corrected chi connectivity index (χ1v) is 11.0. The van der Waals surface area contributed by atoms with Crippen molar-refractivity contribution in [2.45, 2.75) is 43.8 Å². The van der Waals surface area contributed by atoms with Crippen molar-refractivity contribution in [2.75, 3.05) is 5.75 Å². The Labute approximate surface area is 175 Å². The van der Waals surface area contributed by atoms with E-state index in [0.717, 1.165) is 30.0 Å². The lowest BCUT2D eigenvalue weighted by Gasteiger charge is -2.26. The van der Waals surface area contributed by atoms with Crippen LogP contribution < -0.4 is 5.32 Å². The quantitative estimate of drug-likeness (QED) is 0.623. The summed E-state index contributed by atoms with van der Waals surface area (Å²) < 4.78 is 1.98. The van der Waals surface area contributed by atoms with Crippen molar-refractivity contribution in [3.8, 4) is 17.1 Å². The summed E-state index contributed by atoms with van der Waals surface area (Å²) in [6, 6.07) is 14.1. The number of nitrogens with zero attached hydrogens (tertiary/aromatic N) is 4. The molecule has 150 valence electrons. The van der Waals surface area contributed by atoms with Crippen molar-refractivity contribution in [1.29, 1.82) is 0 Å². The number of hydrogen-bond acceptors (Lipinski definition) is 5. The number of amides is 1. The topological polar surface area (TPSA) is 72.7 Å². The van der Waals surface area contributed by atoms with Gasteiger partial charge >= 0.3 is 0 Å². The molecule has 0 radical (unpaired) electrons. The van der Waals surface area contributed by atoms with E-state index in [4.69, 9.17) is 0 Å². The average molecular weight is 408 g/mol. The highest BCUT2D eigenvalue weighted by atomic mass is 32.2. The van der Waals surface area contributed by atoms with Crippen LogP contribution in [0.25, 0.3) is 17.1 Å². The van der Waals surface area contributed by atoms with Crippen LogP contribution in [0, 0.1) is 5.92 Å². The lowest BCUT2D eigenvalue weighted by Crippen LogP contribution is -2.38. The molecular weight excluding hydrogens is 382 g/mol.